The Kier molecular flexibility index (Phi) is 3.83. The van der Waals surface area contributed by atoms with E-state index in [9.17, 15) is 4.79 Å². The van der Waals surface area contributed by atoms with Crippen molar-refractivity contribution in [2.24, 2.45) is 11.8 Å². The normalized spacial score (nSPS) is 26.4. The average Bonchev–Trinajstić information content (AvgIpc) is 2.92. The molecule has 2 aliphatic rings. The highest BCUT2D eigenvalue weighted by molar-refractivity contribution is 8.00. The van der Waals surface area contributed by atoms with Gasteiger partial charge in [-0.05, 0) is 37.3 Å². The van der Waals surface area contributed by atoms with Crippen molar-refractivity contribution in [1.82, 2.24) is 0 Å². The summed E-state index contributed by atoms with van der Waals surface area (Å²) in [6.07, 6.45) is 6.38. The molecule has 2 saturated carbocycles. The van der Waals surface area contributed by atoms with Crippen LogP contribution < -0.4 is 5.32 Å². The molecule has 2 aliphatic carbocycles. The molecule has 102 valence electrons. The average molecular weight is 275 g/mol. The quantitative estimate of drug-likeness (QED) is 0.887. The van der Waals surface area contributed by atoms with Gasteiger partial charge in [0.2, 0.25) is 5.91 Å². The van der Waals surface area contributed by atoms with E-state index in [4.69, 9.17) is 0 Å². The molecule has 0 aromatic heterocycles. The zero-order valence-electron chi connectivity index (χ0n) is 11.4. The second-order valence-electron chi connectivity index (χ2n) is 5.83. The van der Waals surface area contributed by atoms with Gasteiger partial charge in [-0.25, -0.2) is 0 Å². The number of para-hydroxylation sites is 1. The Morgan fingerprint density at radius 2 is 1.95 bits per heavy atom. The summed E-state index contributed by atoms with van der Waals surface area (Å²) >= 11 is 1.94. The van der Waals surface area contributed by atoms with Gasteiger partial charge in [0.05, 0.1) is 5.69 Å². The number of hydrogen-bond donors (Lipinski definition) is 1. The third-order valence-electron chi connectivity index (χ3n) is 4.19. The Hall–Kier alpha value is -0.960. The lowest BCUT2D eigenvalue weighted by atomic mass is 10.3. The van der Waals surface area contributed by atoms with Gasteiger partial charge in [0, 0.05) is 16.1 Å². The van der Waals surface area contributed by atoms with Crippen molar-refractivity contribution in [3.05, 3.63) is 24.3 Å². The molecule has 1 N–H and O–H groups in total. The van der Waals surface area contributed by atoms with Crippen molar-refractivity contribution in [3.8, 4) is 0 Å². The molecule has 0 bridgehead atoms. The molecule has 3 heteroatoms. The number of rotatable bonds is 4. The molecule has 0 spiro atoms. The van der Waals surface area contributed by atoms with Crippen LogP contribution in [0.1, 0.15) is 39.0 Å². The van der Waals surface area contributed by atoms with Crippen LogP contribution >= 0.6 is 11.8 Å². The molecule has 19 heavy (non-hydrogen) atoms. The second kappa shape index (κ2) is 5.58. The standard InChI is InChI=1S/C16H21NOS/c1-11-10-13(11)16(18)17-14-8-4-5-9-15(14)19-12-6-2-3-7-12/h4-5,8-9,11-13H,2-3,6-7,10H2,1H3,(H,17,18). The molecular formula is C16H21NOS. The molecule has 2 nitrogen and oxygen atoms in total. The van der Waals surface area contributed by atoms with Crippen LogP contribution in [0.15, 0.2) is 29.2 Å². The lowest BCUT2D eigenvalue weighted by Gasteiger charge is -2.14. The molecule has 3 rings (SSSR count). The van der Waals surface area contributed by atoms with E-state index in [1.54, 1.807) is 0 Å². The third kappa shape index (κ3) is 3.14. The zero-order valence-corrected chi connectivity index (χ0v) is 12.2. The second-order valence-corrected chi connectivity index (χ2v) is 7.17. The van der Waals surface area contributed by atoms with Crippen molar-refractivity contribution in [3.63, 3.8) is 0 Å². The molecule has 0 aliphatic heterocycles. The predicted octanol–water partition coefficient (Wildman–Crippen LogP) is 4.32. The van der Waals surface area contributed by atoms with E-state index in [1.807, 2.05) is 23.9 Å². The summed E-state index contributed by atoms with van der Waals surface area (Å²) in [6, 6.07) is 8.23. The van der Waals surface area contributed by atoms with Gasteiger partial charge in [-0.2, -0.15) is 0 Å². The highest BCUT2D eigenvalue weighted by Crippen LogP contribution is 2.41. The Morgan fingerprint density at radius 3 is 2.63 bits per heavy atom. The predicted molar refractivity (Wildman–Crippen MR) is 80.5 cm³/mol. The Morgan fingerprint density at radius 1 is 1.26 bits per heavy atom. The lowest BCUT2D eigenvalue weighted by molar-refractivity contribution is -0.117. The van der Waals surface area contributed by atoms with Crippen LogP contribution in [0.5, 0.6) is 0 Å². The maximum absolute atomic E-state index is 12.1. The lowest BCUT2D eigenvalue weighted by Crippen LogP contribution is -2.15. The van der Waals surface area contributed by atoms with E-state index in [0.29, 0.717) is 5.92 Å². The van der Waals surface area contributed by atoms with Gasteiger partial charge in [-0.15, -0.1) is 11.8 Å². The Bertz CT molecular complexity index is 468. The van der Waals surface area contributed by atoms with Crippen LogP contribution in [0.3, 0.4) is 0 Å². The monoisotopic (exact) mass is 275 g/mol. The van der Waals surface area contributed by atoms with Crippen molar-refractivity contribution < 1.29 is 4.79 Å². The van der Waals surface area contributed by atoms with E-state index < -0.39 is 0 Å². The fourth-order valence-corrected chi connectivity index (χ4v) is 4.10. The number of carbonyl (C=O) groups is 1. The van der Waals surface area contributed by atoms with Crippen molar-refractivity contribution in [2.45, 2.75) is 49.2 Å². The van der Waals surface area contributed by atoms with E-state index in [1.165, 1.54) is 30.6 Å². The van der Waals surface area contributed by atoms with E-state index in [0.717, 1.165) is 17.4 Å². The van der Waals surface area contributed by atoms with Crippen LogP contribution in [-0.4, -0.2) is 11.2 Å². The fraction of sp³-hybridized carbons (Fsp3) is 0.562. The van der Waals surface area contributed by atoms with Gasteiger partial charge in [-0.1, -0.05) is 31.9 Å². The van der Waals surface area contributed by atoms with E-state index in [-0.39, 0.29) is 11.8 Å². The molecule has 2 fully saturated rings. The summed E-state index contributed by atoms with van der Waals surface area (Å²) in [5, 5.41) is 3.85. The summed E-state index contributed by atoms with van der Waals surface area (Å²) in [4.78, 5) is 13.3. The Balaban J connectivity index is 1.67. The molecule has 1 aromatic rings. The van der Waals surface area contributed by atoms with Crippen molar-refractivity contribution in [1.29, 1.82) is 0 Å². The molecule has 1 aromatic carbocycles. The molecule has 2 atom stereocenters. The molecule has 1 amide bonds. The summed E-state index contributed by atoms with van der Waals surface area (Å²) in [7, 11) is 0. The van der Waals surface area contributed by atoms with Crippen LogP contribution in [0.2, 0.25) is 0 Å². The number of benzene rings is 1. The maximum atomic E-state index is 12.1. The summed E-state index contributed by atoms with van der Waals surface area (Å²) < 4.78 is 0. The van der Waals surface area contributed by atoms with Gasteiger partial charge < -0.3 is 5.32 Å². The number of nitrogens with one attached hydrogen (secondary N) is 1. The van der Waals surface area contributed by atoms with Gasteiger partial charge in [0.1, 0.15) is 0 Å². The molecular weight excluding hydrogens is 254 g/mol. The van der Waals surface area contributed by atoms with Crippen LogP contribution in [0.25, 0.3) is 0 Å². The molecule has 2 unspecified atom stereocenters. The van der Waals surface area contributed by atoms with Crippen molar-refractivity contribution >= 4 is 23.4 Å². The van der Waals surface area contributed by atoms with Gasteiger partial charge in [0.15, 0.2) is 0 Å². The van der Waals surface area contributed by atoms with Gasteiger partial charge in [-0.3, -0.25) is 4.79 Å². The minimum absolute atomic E-state index is 0.201. The highest BCUT2D eigenvalue weighted by Gasteiger charge is 2.39. The minimum atomic E-state index is 0.201. The van der Waals surface area contributed by atoms with Crippen LogP contribution in [0, 0.1) is 11.8 Å². The number of carbonyl (C=O) groups excluding carboxylic acids is 1. The number of hydrogen-bond acceptors (Lipinski definition) is 2. The fourth-order valence-electron chi connectivity index (χ4n) is 2.77. The summed E-state index contributed by atoms with van der Waals surface area (Å²) in [5.74, 6) is 1.01. The zero-order chi connectivity index (χ0) is 13.2. The minimum Gasteiger partial charge on any atom is -0.325 e. The van der Waals surface area contributed by atoms with E-state index >= 15 is 0 Å². The van der Waals surface area contributed by atoms with Gasteiger partial charge >= 0.3 is 0 Å². The molecule has 0 radical (unpaired) electrons. The molecule has 0 saturated heterocycles. The first-order valence-corrected chi connectivity index (χ1v) is 8.18. The number of amides is 1. The number of anilines is 1. The van der Waals surface area contributed by atoms with Gasteiger partial charge in [0.25, 0.3) is 0 Å². The van der Waals surface area contributed by atoms with Crippen LogP contribution in [-0.2, 0) is 4.79 Å². The van der Waals surface area contributed by atoms with E-state index in [2.05, 4.69) is 24.4 Å². The largest absolute Gasteiger partial charge is 0.325 e. The first kappa shape index (κ1) is 13.0. The first-order chi connectivity index (χ1) is 9.24. The topological polar surface area (TPSA) is 29.1 Å². The number of thioether (sulfide) groups is 1. The maximum Gasteiger partial charge on any atom is 0.227 e. The highest BCUT2D eigenvalue weighted by atomic mass is 32.2. The van der Waals surface area contributed by atoms with Crippen LogP contribution in [0.4, 0.5) is 5.69 Å². The smallest absolute Gasteiger partial charge is 0.227 e. The Labute approximate surface area is 119 Å². The summed E-state index contributed by atoms with van der Waals surface area (Å²) in [5.41, 5.74) is 1.00. The third-order valence-corrected chi connectivity index (χ3v) is 5.60. The molecule has 0 heterocycles. The van der Waals surface area contributed by atoms with Crippen molar-refractivity contribution in [2.75, 3.05) is 5.32 Å². The SMILES string of the molecule is CC1CC1C(=O)Nc1ccccc1SC1CCCC1. The first-order valence-electron chi connectivity index (χ1n) is 7.30. The summed E-state index contributed by atoms with van der Waals surface area (Å²) in [6.45, 7) is 2.14.